The van der Waals surface area contributed by atoms with E-state index in [-0.39, 0.29) is 50.5 Å². The highest BCUT2D eigenvalue weighted by Gasteiger charge is 2.46. The van der Waals surface area contributed by atoms with E-state index in [2.05, 4.69) is 20.8 Å². The minimum Gasteiger partial charge on any atom is -0.381 e. The Kier molecular flexibility index (Phi) is 11.9. The summed E-state index contributed by atoms with van der Waals surface area (Å²) < 4.78 is 37.0. The van der Waals surface area contributed by atoms with Crippen molar-refractivity contribution in [2.24, 2.45) is 5.92 Å². The lowest BCUT2D eigenvalue weighted by molar-refractivity contribution is -0.123. The average Bonchev–Trinajstić information content (AvgIpc) is 3.86. The van der Waals surface area contributed by atoms with E-state index in [0.29, 0.717) is 38.4 Å². The molecule has 1 saturated heterocycles. The summed E-state index contributed by atoms with van der Waals surface area (Å²) in [7, 11) is -4.79. The molecule has 0 amide bonds. The van der Waals surface area contributed by atoms with Crippen LogP contribution < -0.4 is 5.19 Å². The summed E-state index contributed by atoms with van der Waals surface area (Å²) in [5, 5.41) is 17.1. The van der Waals surface area contributed by atoms with Crippen molar-refractivity contribution in [2.45, 2.75) is 86.8 Å². The van der Waals surface area contributed by atoms with Crippen molar-refractivity contribution in [1.29, 1.82) is 10.8 Å². The minimum absolute atomic E-state index is 0.0133. The van der Waals surface area contributed by atoms with Crippen LogP contribution >= 0.6 is 11.8 Å². The highest BCUT2D eigenvalue weighted by Crippen LogP contribution is 2.36. The molecule has 2 N–H and O–H groups in total. The van der Waals surface area contributed by atoms with E-state index in [4.69, 9.17) is 20.0 Å². The van der Waals surface area contributed by atoms with Gasteiger partial charge in [0.2, 0.25) is 0 Å². The number of carbonyl (C=O) groups excluding carboxylic acids is 2. The van der Waals surface area contributed by atoms with Crippen molar-refractivity contribution < 1.29 is 27.2 Å². The highest BCUT2D eigenvalue weighted by molar-refractivity contribution is 8.27. The molecule has 1 heterocycles. The zero-order valence-electron chi connectivity index (χ0n) is 25.8. The average molecular weight is 656 g/mol. The van der Waals surface area contributed by atoms with E-state index in [0.717, 1.165) is 35.4 Å². The lowest BCUT2D eigenvalue weighted by Gasteiger charge is -2.26. The zero-order valence-corrected chi connectivity index (χ0v) is 28.4. The Morgan fingerprint density at radius 2 is 1.61 bits per heavy atom. The summed E-state index contributed by atoms with van der Waals surface area (Å²) >= 11 is 0.778. The van der Waals surface area contributed by atoms with E-state index in [1.54, 1.807) is 24.3 Å². The fourth-order valence-corrected chi connectivity index (χ4v) is 10.0. The third kappa shape index (κ3) is 9.53. The maximum absolute atomic E-state index is 13.5. The van der Waals surface area contributed by atoms with Gasteiger partial charge in [-0.3, -0.25) is 20.4 Å². The summed E-state index contributed by atoms with van der Waals surface area (Å²) in [4.78, 5) is 26.7. The molecule has 0 aromatic heterocycles. The number of thioether (sulfide) groups is 1. The monoisotopic (exact) mass is 655 g/mol. The Morgan fingerprint density at radius 3 is 2.20 bits per heavy atom. The maximum atomic E-state index is 13.5. The fourth-order valence-electron chi connectivity index (χ4n) is 5.42. The van der Waals surface area contributed by atoms with Crippen molar-refractivity contribution in [3.8, 4) is 0 Å². The third-order valence-corrected chi connectivity index (χ3v) is 13.7. The Labute approximate surface area is 267 Å². The molecule has 0 radical (unpaired) electrons. The van der Waals surface area contributed by atoms with Gasteiger partial charge in [0, 0.05) is 32.0 Å². The molecular weight excluding hydrogens is 613 g/mol. The van der Waals surface area contributed by atoms with Crippen LogP contribution in [0, 0.1) is 16.7 Å². The number of carbonyl (C=O) groups is 2. The van der Waals surface area contributed by atoms with Crippen molar-refractivity contribution in [2.75, 3.05) is 19.8 Å². The number of Topliss-reactive ketones (excluding diaryl/α,β-unsaturated/α-hetero) is 2. The van der Waals surface area contributed by atoms with Crippen molar-refractivity contribution >= 4 is 57.5 Å². The van der Waals surface area contributed by atoms with Crippen LogP contribution in [0.3, 0.4) is 0 Å². The molecule has 2 aromatic rings. The van der Waals surface area contributed by atoms with Gasteiger partial charge in [0.05, 0.1) is 15.2 Å². The number of ether oxygens (including phenoxy) is 1. The van der Waals surface area contributed by atoms with E-state index in [9.17, 15) is 18.0 Å². The number of ketones is 2. The number of hydrogen-bond acceptors (Lipinski definition) is 9. The van der Waals surface area contributed by atoms with Crippen LogP contribution in [-0.4, -0.2) is 64.2 Å². The molecular formula is C33H43N2O6S2Si+. The topological polar surface area (TPSA) is 134 Å². The molecule has 1 aliphatic heterocycles. The van der Waals surface area contributed by atoms with Gasteiger partial charge in [0.1, 0.15) is 27.7 Å². The first-order valence-corrected chi connectivity index (χ1v) is 19.0. The van der Waals surface area contributed by atoms with E-state index >= 15 is 0 Å². The Balaban J connectivity index is 1.34. The Morgan fingerprint density at radius 1 is 0.977 bits per heavy atom. The van der Waals surface area contributed by atoms with Gasteiger partial charge in [-0.05, 0) is 100 Å². The van der Waals surface area contributed by atoms with Gasteiger partial charge in [-0.25, -0.2) is 12.8 Å². The smallest absolute Gasteiger partial charge is 0.381 e. The van der Waals surface area contributed by atoms with Crippen molar-refractivity contribution in [1.82, 2.24) is 0 Å². The van der Waals surface area contributed by atoms with Gasteiger partial charge >= 0.3 is 9.04 Å². The molecule has 2 aromatic carbocycles. The lowest BCUT2D eigenvalue weighted by atomic mass is 9.81. The Bertz CT molecular complexity index is 1430. The summed E-state index contributed by atoms with van der Waals surface area (Å²) in [5.74, 6) is -0.742. The largest absolute Gasteiger partial charge is 0.517 e. The quantitative estimate of drug-likeness (QED) is 0.148. The second-order valence-electron chi connectivity index (χ2n) is 12.6. The highest BCUT2D eigenvalue weighted by atomic mass is 32.2. The van der Waals surface area contributed by atoms with Gasteiger partial charge in [0.15, 0.2) is 15.6 Å². The number of hydrogen-bond donors (Lipinski definition) is 2. The van der Waals surface area contributed by atoms with Crippen LogP contribution in [0.5, 0.6) is 0 Å². The van der Waals surface area contributed by atoms with Crippen LogP contribution in [0.25, 0.3) is 0 Å². The van der Waals surface area contributed by atoms with Gasteiger partial charge in [0.25, 0.3) is 0 Å². The maximum Gasteiger partial charge on any atom is 0.517 e. The summed E-state index contributed by atoms with van der Waals surface area (Å²) in [6, 6.07) is 16.6. The first kappa shape index (κ1) is 34.4. The molecule has 1 aliphatic carbocycles. The fraction of sp³-hybridized carbons (Fsp3) is 0.515. The van der Waals surface area contributed by atoms with Crippen LogP contribution in [0.4, 0.5) is 0 Å². The van der Waals surface area contributed by atoms with Crippen molar-refractivity contribution in [3.63, 3.8) is 0 Å². The number of rotatable bonds is 14. The van der Waals surface area contributed by atoms with Gasteiger partial charge in [-0.2, -0.15) is 0 Å². The molecule has 1 atom stereocenters. The lowest BCUT2D eigenvalue weighted by Crippen LogP contribution is -2.42. The molecule has 44 heavy (non-hydrogen) atoms. The third-order valence-electron chi connectivity index (χ3n) is 8.01. The predicted octanol–water partition coefficient (Wildman–Crippen LogP) is 5.84. The second-order valence-corrected chi connectivity index (χ2v) is 19.0. The van der Waals surface area contributed by atoms with E-state index < -0.39 is 30.6 Å². The molecule has 11 heteroatoms. The number of benzene rings is 2. The standard InChI is InChI=1S/C33H43N2O6S2Si/c1-33(2,3)44(27-7-5-4-6-8-27)41-22-31(34)42-32(35)30(37)16-15-29(36)28(21-23-17-19-40-20-18-23)24-9-11-25(12-10-24)43(38,39)26-13-14-26/h4-12,23,26,28,34-35H,13-22H2,1-3H3/q+1. The molecule has 2 fully saturated rings. The summed E-state index contributed by atoms with van der Waals surface area (Å²) in [6.07, 6.45) is 3.56. The van der Waals surface area contributed by atoms with Crippen molar-refractivity contribution in [3.05, 3.63) is 60.2 Å². The Hall–Kier alpha value is -2.44. The number of nitrogens with one attached hydrogen (secondary N) is 2. The molecule has 1 unspecified atom stereocenters. The van der Waals surface area contributed by atoms with E-state index in [1.807, 2.05) is 30.3 Å². The molecule has 236 valence electrons. The van der Waals surface area contributed by atoms with Crippen LogP contribution in [-0.2, 0) is 28.6 Å². The minimum atomic E-state index is -3.32. The van der Waals surface area contributed by atoms with Crippen LogP contribution in [0.1, 0.15) is 77.2 Å². The SMILES string of the molecule is CC(C)(C)[Si+](OCC(=N)SC(=N)C(=O)CCC(=O)C(CC1CCOCC1)c1ccc(S(=O)(=O)C2CC2)cc1)c1ccccc1. The summed E-state index contributed by atoms with van der Waals surface area (Å²) in [6.45, 7) is 7.63. The van der Waals surface area contributed by atoms with Gasteiger partial charge < -0.3 is 4.74 Å². The molecule has 0 bridgehead atoms. The molecule has 1 saturated carbocycles. The predicted molar refractivity (Wildman–Crippen MR) is 177 cm³/mol. The molecule has 4 rings (SSSR count). The molecule has 0 spiro atoms. The van der Waals surface area contributed by atoms with Gasteiger partial charge in [-0.15, -0.1) is 0 Å². The van der Waals surface area contributed by atoms with Gasteiger partial charge in [-0.1, -0.05) is 30.3 Å². The summed E-state index contributed by atoms with van der Waals surface area (Å²) in [5.41, 5.74) is 0.752. The molecule has 8 nitrogen and oxygen atoms in total. The normalized spacial score (nSPS) is 16.7. The number of sulfone groups is 1. The van der Waals surface area contributed by atoms with Crippen LogP contribution in [0.2, 0.25) is 5.04 Å². The van der Waals surface area contributed by atoms with E-state index in [1.165, 1.54) is 0 Å². The second kappa shape index (κ2) is 15.2. The first-order valence-electron chi connectivity index (χ1n) is 15.2. The van der Waals surface area contributed by atoms with Crippen LogP contribution in [0.15, 0.2) is 59.5 Å². The molecule has 2 aliphatic rings. The first-order chi connectivity index (χ1) is 20.9. The zero-order chi connectivity index (χ0) is 31.9.